The van der Waals surface area contributed by atoms with Crippen molar-refractivity contribution in [3.8, 4) is 0 Å². The smallest absolute Gasteiger partial charge is 0.306 e. The van der Waals surface area contributed by atoms with Crippen LogP contribution in [0.5, 0.6) is 0 Å². The number of aliphatic hydroxyl groups excluding tert-OH is 1. The van der Waals surface area contributed by atoms with E-state index in [1.807, 2.05) is 0 Å². The molecule has 0 aromatic rings. The van der Waals surface area contributed by atoms with E-state index in [1.54, 1.807) is 0 Å². The zero-order valence-corrected chi connectivity index (χ0v) is 43.5. The van der Waals surface area contributed by atoms with Crippen LogP contribution in [0.2, 0.25) is 0 Å². The largest absolute Gasteiger partial charge is 0.462 e. The summed E-state index contributed by atoms with van der Waals surface area (Å²) in [6.45, 7) is 4.05. The Balaban J connectivity index is 3.36. The van der Waals surface area contributed by atoms with E-state index in [-0.39, 0.29) is 25.2 Å². The molecule has 1 atom stereocenters. The molecule has 0 aliphatic rings. The molecule has 65 heavy (non-hydrogen) atoms. The molecule has 0 aliphatic carbocycles. The van der Waals surface area contributed by atoms with Gasteiger partial charge in [-0.2, -0.15) is 0 Å². The van der Waals surface area contributed by atoms with Crippen molar-refractivity contribution in [2.45, 2.75) is 309 Å². The molecule has 0 radical (unpaired) electrons. The summed E-state index contributed by atoms with van der Waals surface area (Å²) >= 11 is 0. The van der Waals surface area contributed by atoms with Crippen LogP contribution in [0.3, 0.4) is 0 Å². The predicted octanol–water partition coefficient (Wildman–Crippen LogP) is 19.3. The van der Waals surface area contributed by atoms with Crippen molar-refractivity contribution in [1.82, 2.24) is 0 Å². The Labute approximate surface area is 405 Å². The number of ether oxygens (including phenoxy) is 2. The van der Waals surface area contributed by atoms with Gasteiger partial charge < -0.3 is 14.6 Å². The molecule has 0 saturated carbocycles. The van der Waals surface area contributed by atoms with Crippen LogP contribution in [0.4, 0.5) is 0 Å². The standard InChI is InChI=1S/C60H110O5/c1-3-5-7-9-11-13-15-17-18-19-20-21-22-23-24-25-26-27-28-29-30-31-32-33-34-35-36-37-38-39-40-41-42-43-45-47-49-51-53-55-60(63)65-58(56-61)57-64-59(62)54-52-50-48-46-44-16-14-12-10-8-6-4-2/h5,7,11,13,17-18,20-21,58,61H,3-4,6,8-10,12,14-16,19,22-57H2,1-2H3/b7-5-,13-11-,18-17-,21-20-. The lowest BCUT2D eigenvalue weighted by molar-refractivity contribution is -0.161. The first-order valence-electron chi connectivity index (χ1n) is 28.7. The Morgan fingerprint density at radius 1 is 0.369 bits per heavy atom. The van der Waals surface area contributed by atoms with E-state index < -0.39 is 6.10 Å². The first-order valence-corrected chi connectivity index (χ1v) is 28.7. The maximum Gasteiger partial charge on any atom is 0.306 e. The molecule has 0 aliphatic heterocycles. The maximum absolute atomic E-state index is 12.3. The Bertz CT molecular complexity index is 1080. The highest BCUT2D eigenvalue weighted by Crippen LogP contribution is 2.17. The van der Waals surface area contributed by atoms with Crippen molar-refractivity contribution in [2.75, 3.05) is 13.2 Å². The van der Waals surface area contributed by atoms with Gasteiger partial charge in [0.25, 0.3) is 0 Å². The van der Waals surface area contributed by atoms with Crippen LogP contribution < -0.4 is 0 Å². The van der Waals surface area contributed by atoms with Gasteiger partial charge >= 0.3 is 11.9 Å². The SMILES string of the molecule is CC/C=C\C/C=C\C/C=C\C/C=C\CCCCCCCCCCCCCCCCCCCCCCCCCCCCC(=O)OC(CO)COC(=O)CCCCCCCCCCCCCC. The highest BCUT2D eigenvalue weighted by atomic mass is 16.6. The van der Waals surface area contributed by atoms with Gasteiger partial charge in [0.1, 0.15) is 6.61 Å². The van der Waals surface area contributed by atoms with Gasteiger partial charge in [-0.25, -0.2) is 0 Å². The minimum Gasteiger partial charge on any atom is -0.462 e. The fourth-order valence-electron chi connectivity index (χ4n) is 8.61. The Morgan fingerprint density at radius 3 is 1.00 bits per heavy atom. The van der Waals surface area contributed by atoms with Crippen molar-refractivity contribution in [2.24, 2.45) is 0 Å². The normalized spacial score (nSPS) is 12.5. The molecule has 0 amide bonds. The van der Waals surface area contributed by atoms with Crippen LogP contribution in [-0.4, -0.2) is 36.4 Å². The second-order valence-electron chi connectivity index (χ2n) is 19.3. The average Bonchev–Trinajstić information content (AvgIpc) is 3.31. The summed E-state index contributed by atoms with van der Waals surface area (Å²) in [6.07, 6.45) is 74.0. The summed E-state index contributed by atoms with van der Waals surface area (Å²) in [5.74, 6) is -0.574. The van der Waals surface area contributed by atoms with Gasteiger partial charge in [0.2, 0.25) is 0 Å². The number of unbranched alkanes of at least 4 members (excludes halogenated alkanes) is 37. The third kappa shape index (κ3) is 54.4. The number of hydrogen-bond acceptors (Lipinski definition) is 5. The van der Waals surface area contributed by atoms with Gasteiger partial charge in [-0.3, -0.25) is 9.59 Å². The maximum atomic E-state index is 12.3. The Hall–Kier alpha value is -2.14. The lowest BCUT2D eigenvalue weighted by atomic mass is 10.0. The number of esters is 2. The van der Waals surface area contributed by atoms with Crippen molar-refractivity contribution < 1.29 is 24.2 Å². The van der Waals surface area contributed by atoms with Crippen LogP contribution in [0.15, 0.2) is 48.6 Å². The summed E-state index contributed by atoms with van der Waals surface area (Å²) in [4.78, 5) is 24.4. The number of hydrogen-bond donors (Lipinski definition) is 1. The van der Waals surface area contributed by atoms with Crippen LogP contribution in [0.1, 0.15) is 303 Å². The molecule has 0 saturated heterocycles. The van der Waals surface area contributed by atoms with Crippen LogP contribution in [0, 0.1) is 0 Å². The predicted molar refractivity (Wildman–Crippen MR) is 284 cm³/mol. The van der Waals surface area contributed by atoms with E-state index in [1.165, 1.54) is 212 Å². The molecule has 0 aromatic carbocycles. The third-order valence-corrected chi connectivity index (χ3v) is 12.9. The van der Waals surface area contributed by atoms with Gasteiger partial charge in [-0.15, -0.1) is 0 Å². The van der Waals surface area contributed by atoms with Gasteiger partial charge in [-0.1, -0.05) is 287 Å². The molecule has 5 heteroatoms. The molecule has 1 unspecified atom stereocenters. The van der Waals surface area contributed by atoms with Crippen LogP contribution in [-0.2, 0) is 19.1 Å². The molecule has 0 spiro atoms. The van der Waals surface area contributed by atoms with E-state index in [2.05, 4.69) is 62.5 Å². The monoisotopic (exact) mass is 911 g/mol. The van der Waals surface area contributed by atoms with E-state index in [0.29, 0.717) is 12.8 Å². The zero-order chi connectivity index (χ0) is 47.0. The average molecular weight is 912 g/mol. The van der Waals surface area contributed by atoms with Crippen molar-refractivity contribution in [3.63, 3.8) is 0 Å². The highest BCUT2D eigenvalue weighted by molar-refractivity contribution is 5.70. The second-order valence-corrected chi connectivity index (χ2v) is 19.3. The summed E-state index contributed by atoms with van der Waals surface area (Å²) < 4.78 is 10.7. The van der Waals surface area contributed by atoms with E-state index in [4.69, 9.17) is 9.47 Å². The molecule has 5 nitrogen and oxygen atoms in total. The van der Waals surface area contributed by atoms with Gasteiger partial charge in [0.15, 0.2) is 6.10 Å². The number of carbonyl (C=O) groups is 2. The van der Waals surface area contributed by atoms with Gasteiger partial charge in [0.05, 0.1) is 6.61 Å². The number of allylic oxidation sites excluding steroid dienone is 8. The van der Waals surface area contributed by atoms with Crippen molar-refractivity contribution >= 4 is 11.9 Å². The molecule has 380 valence electrons. The van der Waals surface area contributed by atoms with Crippen LogP contribution >= 0.6 is 0 Å². The molecule has 0 fully saturated rings. The first-order chi connectivity index (χ1) is 32.1. The van der Waals surface area contributed by atoms with E-state index >= 15 is 0 Å². The van der Waals surface area contributed by atoms with E-state index in [9.17, 15) is 14.7 Å². The Kier molecular flexibility index (Phi) is 54.3. The molecular weight excluding hydrogens is 801 g/mol. The van der Waals surface area contributed by atoms with Crippen molar-refractivity contribution in [1.29, 1.82) is 0 Å². The second kappa shape index (κ2) is 56.2. The topological polar surface area (TPSA) is 72.8 Å². The molecule has 0 bridgehead atoms. The molecule has 0 heterocycles. The molecule has 1 N–H and O–H groups in total. The lowest BCUT2D eigenvalue weighted by Crippen LogP contribution is -2.28. The Morgan fingerprint density at radius 2 is 0.662 bits per heavy atom. The lowest BCUT2D eigenvalue weighted by Gasteiger charge is -2.15. The quantitative estimate of drug-likeness (QED) is 0.0374. The molecule has 0 rings (SSSR count). The van der Waals surface area contributed by atoms with Gasteiger partial charge in [0, 0.05) is 12.8 Å². The fourth-order valence-corrected chi connectivity index (χ4v) is 8.61. The number of aliphatic hydroxyl groups is 1. The molecular formula is C60H110O5. The van der Waals surface area contributed by atoms with Crippen LogP contribution in [0.25, 0.3) is 0 Å². The van der Waals surface area contributed by atoms with E-state index in [0.717, 1.165) is 64.2 Å². The third-order valence-electron chi connectivity index (χ3n) is 12.9. The minimum absolute atomic E-state index is 0.0593. The minimum atomic E-state index is -0.766. The summed E-state index contributed by atoms with van der Waals surface area (Å²) in [7, 11) is 0. The number of carbonyl (C=O) groups excluding carboxylic acids is 2. The first kappa shape index (κ1) is 62.9. The van der Waals surface area contributed by atoms with Crippen molar-refractivity contribution in [3.05, 3.63) is 48.6 Å². The highest BCUT2D eigenvalue weighted by Gasteiger charge is 2.16. The summed E-state index contributed by atoms with van der Waals surface area (Å²) in [5, 5.41) is 9.61. The molecule has 0 aromatic heterocycles. The number of rotatable bonds is 53. The summed E-state index contributed by atoms with van der Waals surface area (Å²) in [6, 6.07) is 0. The fraction of sp³-hybridized carbons (Fsp3) is 0.833. The summed E-state index contributed by atoms with van der Waals surface area (Å²) in [5.41, 5.74) is 0. The zero-order valence-electron chi connectivity index (χ0n) is 43.5. The van der Waals surface area contributed by atoms with Gasteiger partial charge in [-0.05, 0) is 51.4 Å².